The summed E-state index contributed by atoms with van der Waals surface area (Å²) in [7, 11) is 0. The zero-order valence-electron chi connectivity index (χ0n) is 20.9. The van der Waals surface area contributed by atoms with Crippen LogP contribution in [0.5, 0.6) is 0 Å². The molecular formula is C26H52O6. The maximum absolute atomic E-state index is 10.3. The molecule has 6 heteroatoms. The third-order valence-corrected chi connectivity index (χ3v) is 6.35. The monoisotopic (exact) mass is 460 g/mol. The summed E-state index contributed by atoms with van der Waals surface area (Å²) in [6.07, 6.45) is 14.5. The van der Waals surface area contributed by atoms with E-state index in [2.05, 4.69) is 13.8 Å². The zero-order valence-corrected chi connectivity index (χ0v) is 20.9. The lowest BCUT2D eigenvalue weighted by Gasteiger charge is -2.20. The molecule has 5 atom stereocenters. The third-order valence-electron chi connectivity index (χ3n) is 6.35. The second-order valence-electron chi connectivity index (χ2n) is 9.41. The van der Waals surface area contributed by atoms with Gasteiger partial charge in [-0.1, -0.05) is 104 Å². The molecule has 1 aliphatic heterocycles. The van der Waals surface area contributed by atoms with Crippen LogP contribution in [0.1, 0.15) is 117 Å². The molecule has 0 aliphatic carbocycles. The standard InChI is InChI=1S/C26H52O6/c1-3-5-7-9-11-13-15-17-19-30-21-22(27)25-23(28)24(29)26(32-25)31-20-18-16-14-12-10-8-6-4-2/h22-29H,3-21H2,1-2H3/t22-,23+,24+,25-,26-/m0/s1. The summed E-state index contributed by atoms with van der Waals surface area (Å²) in [6, 6.07) is 0. The molecule has 1 rings (SSSR count). The second kappa shape index (κ2) is 20.2. The lowest BCUT2D eigenvalue weighted by molar-refractivity contribution is -0.182. The second-order valence-corrected chi connectivity index (χ2v) is 9.41. The van der Waals surface area contributed by atoms with Gasteiger partial charge in [0.25, 0.3) is 0 Å². The zero-order chi connectivity index (χ0) is 23.4. The average Bonchev–Trinajstić information content (AvgIpc) is 3.07. The van der Waals surface area contributed by atoms with Crippen molar-refractivity contribution in [3.8, 4) is 0 Å². The highest BCUT2D eigenvalue weighted by Crippen LogP contribution is 2.25. The molecule has 1 aliphatic rings. The molecule has 0 saturated carbocycles. The van der Waals surface area contributed by atoms with Gasteiger partial charge < -0.3 is 29.5 Å². The van der Waals surface area contributed by atoms with E-state index in [1.807, 2.05) is 0 Å². The first-order chi connectivity index (χ1) is 15.6. The van der Waals surface area contributed by atoms with Gasteiger partial charge in [0.05, 0.1) is 6.61 Å². The SMILES string of the molecule is CCCCCCCCCCOC[C@H](O)[C@@H]1O[C@H](OCCCCCCCCCC)[C@H](O)[C@H]1O. The van der Waals surface area contributed by atoms with Crippen LogP contribution in [0, 0.1) is 0 Å². The van der Waals surface area contributed by atoms with Gasteiger partial charge in [0.1, 0.15) is 24.4 Å². The number of aliphatic hydroxyl groups excluding tert-OH is 3. The molecule has 32 heavy (non-hydrogen) atoms. The van der Waals surface area contributed by atoms with Crippen molar-refractivity contribution in [1.82, 2.24) is 0 Å². The van der Waals surface area contributed by atoms with E-state index in [0.29, 0.717) is 13.2 Å². The molecule has 0 bridgehead atoms. The minimum atomic E-state index is -1.17. The van der Waals surface area contributed by atoms with Gasteiger partial charge in [0, 0.05) is 13.2 Å². The van der Waals surface area contributed by atoms with Crippen LogP contribution in [0.2, 0.25) is 0 Å². The highest BCUT2D eigenvalue weighted by Gasteiger charge is 2.46. The predicted molar refractivity (Wildman–Crippen MR) is 129 cm³/mol. The summed E-state index contributed by atoms with van der Waals surface area (Å²) in [4.78, 5) is 0. The molecule has 1 fully saturated rings. The van der Waals surface area contributed by atoms with E-state index < -0.39 is 30.7 Å². The van der Waals surface area contributed by atoms with Crippen LogP contribution >= 0.6 is 0 Å². The number of hydrogen-bond acceptors (Lipinski definition) is 6. The molecule has 1 saturated heterocycles. The minimum Gasteiger partial charge on any atom is -0.388 e. The summed E-state index contributed by atoms with van der Waals surface area (Å²) in [5, 5.41) is 30.8. The Balaban J connectivity index is 2.05. The van der Waals surface area contributed by atoms with Crippen molar-refractivity contribution in [3.05, 3.63) is 0 Å². The summed E-state index contributed by atoms with van der Waals surface area (Å²) < 4.78 is 16.8. The van der Waals surface area contributed by atoms with Crippen molar-refractivity contribution in [2.75, 3.05) is 19.8 Å². The Hall–Kier alpha value is -0.240. The highest BCUT2D eigenvalue weighted by molar-refractivity contribution is 4.90. The Kier molecular flexibility index (Phi) is 18.8. The number of hydrogen-bond donors (Lipinski definition) is 3. The van der Waals surface area contributed by atoms with Gasteiger partial charge in [-0.3, -0.25) is 0 Å². The van der Waals surface area contributed by atoms with Crippen molar-refractivity contribution in [1.29, 1.82) is 0 Å². The van der Waals surface area contributed by atoms with Crippen LogP contribution in [0.3, 0.4) is 0 Å². The van der Waals surface area contributed by atoms with Gasteiger partial charge in [-0.25, -0.2) is 0 Å². The normalized spacial score (nSPS) is 24.3. The number of rotatable bonds is 22. The molecule has 6 nitrogen and oxygen atoms in total. The Labute approximate surface area is 197 Å². The van der Waals surface area contributed by atoms with E-state index >= 15 is 0 Å². The van der Waals surface area contributed by atoms with Crippen molar-refractivity contribution < 1.29 is 29.5 Å². The Bertz CT molecular complexity index is 408. The summed E-state index contributed by atoms with van der Waals surface area (Å²) in [5.41, 5.74) is 0. The molecule has 3 N–H and O–H groups in total. The fourth-order valence-electron chi connectivity index (χ4n) is 4.20. The van der Waals surface area contributed by atoms with E-state index in [1.54, 1.807) is 0 Å². The first-order valence-corrected chi connectivity index (χ1v) is 13.5. The van der Waals surface area contributed by atoms with E-state index in [-0.39, 0.29) is 6.61 Å². The smallest absolute Gasteiger partial charge is 0.186 e. The Morgan fingerprint density at radius 1 is 0.656 bits per heavy atom. The molecule has 0 radical (unpaired) electrons. The largest absolute Gasteiger partial charge is 0.388 e. The van der Waals surface area contributed by atoms with Crippen LogP contribution in [0.15, 0.2) is 0 Å². The molecule has 0 aromatic carbocycles. The molecule has 0 amide bonds. The van der Waals surface area contributed by atoms with Crippen molar-refractivity contribution in [2.45, 2.75) is 147 Å². The van der Waals surface area contributed by atoms with Gasteiger partial charge >= 0.3 is 0 Å². The number of unbranched alkanes of at least 4 members (excludes halogenated alkanes) is 14. The highest BCUT2D eigenvalue weighted by atomic mass is 16.7. The van der Waals surface area contributed by atoms with Crippen LogP contribution in [-0.4, -0.2) is 65.8 Å². The molecule has 0 aromatic rings. The molecule has 192 valence electrons. The lowest BCUT2D eigenvalue weighted by atomic mass is 10.1. The number of ether oxygens (including phenoxy) is 3. The summed E-state index contributed by atoms with van der Waals surface area (Å²) in [5.74, 6) is 0. The van der Waals surface area contributed by atoms with Gasteiger partial charge in [0.2, 0.25) is 0 Å². The van der Waals surface area contributed by atoms with E-state index in [0.717, 1.165) is 25.7 Å². The third kappa shape index (κ3) is 13.5. The minimum absolute atomic E-state index is 0.0930. The molecule has 0 unspecified atom stereocenters. The Morgan fingerprint density at radius 2 is 1.12 bits per heavy atom. The van der Waals surface area contributed by atoms with Gasteiger partial charge in [0.15, 0.2) is 6.29 Å². The van der Waals surface area contributed by atoms with E-state index in [1.165, 1.54) is 77.0 Å². The van der Waals surface area contributed by atoms with Crippen LogP contribution in [0.4, 0.5) is 0 Å². The maximum Gasteiger partial charge on any atom is 0.186 e. The van der Waals surface area contributed by atoms with Crippen LogP contribution < -0.4 is 0 Å². The van der Waals surface area contributed by atoms with Crippen molar-refractivity contribution in [3.63, 3.8) is 0 Å². The van der Waals surface area contributed by atoms with Crippen molar-refractivity contribution >= 4 is 0 Å². The van der Waals surface area contributed by atoms with E-state index in [9.17, 15) is 15.3 Å². The van der Waals surface area contributed by atoms with Crippen LogP contribution in [-0.2, 0) is 14.2 Å². The fourth-order valence-corrected chi connectivity index (χ4v) is 4.20. The molecule has 0 spiro atoms. The molecular weight excluding hydrogens is 408 g/mol. The average molecular weight is 461 g/mol. The van der Waals surface area contributed by atoms with E-state index in [4.69, 9.17) is 14.2 Å². The molecule has 0 aromatic heterocycles. The van der Waals surface area contributed by atoms with Gasteiger partial charge in [-0.15, -0.1) is 0 Å². The van der Waals surface area contributed by atoms with Crippen molar-refractivity contribution in [2.24, 2.45) is 0 Å². The quantitative estimate of drug-likeness (QED) is 0.195. The maximum atomic E-state index is 10.3. The number of aliphatic hydroxyl groups is 3. The fraction of sp³-hybridized carbons (Fsp3) is 1.00. The first-order valence-electron chi connectivity index (χ1n) is 13.5. The predicted octanol–water partition coefficient (Wildman–Crippen LogP) is 5.11. The van der Waals surface area contributed by atoms with Gasteiger partial charge in [-0.2, -0.15) is 0 Å². The molecule has 1 heterocycles. The first kappa shape index (κ1) is 29.8. The lowest BCUT2D eigenvalue weighted by Crippen LogP contribution is -2.41. The topological polar surface area (TPSA) is 88.4 Å². The van der Waals surface area contributed by atoms with Gasteiger partial charge in [-0.05, 0) is 12.8 Å². The van der Waals surface area contributed by atoms with Crippen LogP contribution in [0.25, 0.3) is 0 Å². The summed E-state index contributed by atoms with van der Waals surface area (Å²) >= 11 is 0. The summed E-state index contributed by atoms with van der Waals surface area (Å²) in [6.45, 7) is 5.63. The Morgan fingerprint density at radius 3 is 1.66 bits per heavy atom.